The van der Waals surface area contributed by atoms with Crippen molar-refractivity contribution in [3.8, 4) is 11.1 Å². The summed E-state index contributed by atoms with van der Waals surface area (Å²) in [4.78, 5) is 16.0. The van der Waals surface area contributed by atoms with Crippen LogP contribution in [0.2, 0.25) is 0 Å². The third-order valence-corrected chi connectivity index (χ3v) is 3.16. The molecule has 0 amide bonds. The molecule has 0 radical (unpaired) electrons. The Bertz CT molecular complexity index is 731. The van der Waals surface area contributed by atoms with Crippen molar-refractivity contribution in [2.45, 2.75) is 0 Å². The van der Waals surface area contributed by atoms with Crippen molar-refractivity contribution in [2.75, 3.05) is 0 Å². The van der Waals surface area contributed by atoms with Gasteiger partial charge in [0, 0.05) is 6.20 Å². The minimum atomic E-state index is -0.0831. The van der Waals surface area contributed by atoms with Gasteiger partial charge >= 0.3 is 0 Å². The molecule has 1 aromatic heterocycles. The summed E-state index contributed by atoms with van der Waals surface area (Å²) in [6.07, 6.45) is 5.04. The van der Waals surface area contributed by atoms with E-state index in [1.165, 1.54) is 5.56 Å². The Morgan fingerprint density at radius 3 is 2.60 bits per heavy atom. The Kier molecular flexibility index (Phi) is 3.38. The van der Waals surface area contributed by atoms with Gasteiger partial charge in [-0.1, -0.05) is 54.6 Å². The molecule has 0 aromatic carbocycles. The molecule has 2 nitrogen and oxygen atoms in total. The van der Waals surface area contributed by atoms with Crippen LogP contribution < -0.4 is 0 Å². The third-order valence-electron chi connectivity index (χ3n) is 3.16. The second-order valence-electron chi connectivity index (χ2n) is 4.48. The fraction of sp³-hybridized carbons (Fsp3) is 0. The first-order chi connectivity index (χ1) is 9.84. The first-order valence-corrected chi connectivity index (χ1v) is 6.46. The first kappa shape index (κ1) is 12.3. The number of nitrogens with zero attached hydrogens (tertiary/aromatic N) is 1. The van der Waals surface area contributed by atoms with Gasteiger partial charge in [0.1, 0.15) is 5.69 Å². The van der Waals surface area contributed by atoms with Crippen molar-refractivity contribution >= 4 is 11.9 Å². The van der Waals surface area contributed by atoms with E-state index in [-0.39, 0.29) is 5.78 Å². The number of carbonyl (C=O) groups excluding carboxylic acids is 1. The molecule has 20 heavy (non-hydrogen) atoms. The van der Waals surface area contributed by atoms with Gasteiger partial charge in [0.2, 0.25) is 5.78 Å². The summed E-state index contributed by atoms with van der Waals surface area (Å²) in [5, 5.41) is 0. The maximum atomic E-state index is 12.0. The molecule has 0 unspecified atom stereocenters. The van der Waals surface area contributed by atoms with E-state index in [4.69, 9.17) is 0 Å². The van der Waals surface area contributed by atoms with Gasteiger partial charge in [-0.15, -0.1) is 0 Å². The van der Waals surface area contributed by atoms with Gasteiger partial charge in [-0.05, 0) is 34.9 Å². The average Bonchev–Trinajstić information content (AvgIpc) is 2.72. The molecule has 0 saturated heterocycles. The summed E-state index contributed by atoms with van der Waals surface area (Å²) >= 11 is 0. The minimum Gasteiger partial charge on any atom is -0.288 e. The number of hydrogen-bond donors (Lipinski definition) is 0. The molecule has 2 aliphatic carbocycles. The summed E-state index contributed by atoms with van der Waals surface area (Å²) in [5.74, 6) is -0.0831. The summed E-state index contributed by atoms with van der Waals surface area (Å²) in [6, 6.07) is 19.5. The fourth-order valence-electron chi connectivity index (χ4n) is 2.14. The van der Waals surface area contributed by atoms with Gasteiger partial charge in [-0.3, -0.25) is 9.78 Å². The lowest BCUT2D eigenvalue weighted by atomic mass is 10.1. The third kappa shape index (κ3) is 2.50. The molecule has 0 aliphatic heterocycles. The zero-order chi connectivity index (χ0) is 13.8. The number of pyridine rings is 1. The van der Waals surface area contributed by atoms with E-state index in [1.54, 1.807) is 24.4 Å². The van der Waals surface area contributed by atoms with E-state index >= 15 is 0 Å². The van der Waals surface area contributed by atoms with Crippen LogP contribution in [0.1, 0.15) is 16.1 Å². The molecule has 2 heteroatoms. The molecule has 0 fully saturated rings. The average molecular weight is 259 g/mol. The fourth-order valence-corrected chi connectivity index (χ4v) is 2.14. The molecular formula is C18H13NO. The zero-order valence-corrected chi connectivity index (χ0v) is 10.9. The standard InChI is InChI=1S/C18H13NO/c20-18(17-8-4-5-13-19-17)12-11-15-10-9-14-6-2-1-3-7-16(14)15/h1-13H/b12-11+. The second kappa shape index (κ2) is 5.49. The van der Waals surface area contributed by atoms with Crippen LogP contribution in [0.25, 0.3) is 17.2 Å². The number of ketones is 1. The lowest BCUT2D eigenvalue weighted by molar-refractivity contribution is 0.104. The molecule has 1 heterocycles. The van der Waals surface area contributed by atoms with Crippen LogP contribution in [-0.2, 0) is 0 Å². The quantitative estimate of drug-likeness (QED) is 0.524. The van der Waals surface area contributed by atoms with Crippen LogP contribution in [0, 0.1) is 0 Å². The Morgan fingerprint density at radius 2 is 1.75 bits per heavy atom. The van der Waals surface area contributed by atoms with E-state index in [0.29, 0.717) is 5.69 Å². The summed E-state index contributed by atoms with van der Waals surface area (Å²) in [6.45, 7) is 0. The predicted molar refractivity (Wildman–Crippen MR) is 80.7 cm³/mol. The van der Waals surface area contributed by atoms with Crippen molar-refractivity contribution in [1.29, 1.82) is 0 Å². The Morgan fingerprint density at radius 1 is 0.900 bits per heavy atom. The first-order valence-electron chi connectivity index (χ1n) is 6.46. The maximum Gasteiger partial charge on any atom is 0.204 e. The lowest BCUT2D eigenvalue weighted by Crippen LogP contribution is -1.96. The highest BCUT2D eigenvalue weighted by atomic mass is 16.1. The molecule has 0 saturated carbocycles. The van der Waals surface area contributed by atoms with E-state index in [0.717, 1.165) is 11.1 Å². The molecule has 0 spiro atoms. The molecule has 96 valence electrons. The molecule has 0 N–H and O–H groups in total. The van der Waals surface area contributed by atoms with Crippen molar-refractivity contribution in [3.05, 3.63) is 84.2 Å². The largest absolute Gasteiger partial charge is 0.288 e. The monoisotopic (exact) mass is 259 g/mol. The number of carbonyl (C=O) groups is 1. The van der Waals surface area contributed by atoms with Crippen LogP contribution >= 0.6 is 0 Å². The second-order valence-corrected chi connectivity index (χ2v) is 4.48. The normalized spacial score (nSPS) is 11.0. The highest BCUT2D eigenvalue weighted by Gasteiger charge is 2.06. The highest BCUT2D eigenvalue weighted by molar-refractivity contribution is 6.05. The van der Waals surface area contributed by atoms with Gasteiger partial charge in [0.15, 0.2) is 0 Å². The summed E-state index contributed by atoms with van der Waals surface area (Å²) in [7, 11) is 0. The highest BCUT2D eigenvalue weighted by Crippen LogP contribution is 2.27. The van der Waals surface area contributed by atoms with Gasteiger partial charge in [-0.2, -0.15) is 0 Å². The number of rotatable bonds is 3. The lowest BCUT2D eigenvalue weighted by Gasteiger charge is -1.96. The molecular weight excluding hydrogens is 246 g/mol. The molecule has 2 aliphatic rings. The smallest absolute Gasteiger partial charge is 0.204 e. The van der Waals surface area contributed by atoms with Crippen LogP contribution in [0.4, 0.5) is 0 Å². The number of allylic oxidation sites excluding steroid dienone is 1. The van der Waals surface area contributed by atoms with Gasteiger partial charge < -0.3 is 0 Å². The number of fused-ring (bicyclic) bond motifs is 1. The van der Waals surface area contributed by atoms with Crippen LogP contribution in [-0.4, -0.2) is 10.8 Å². The molecule has 1 aromatic rings. The topological polar surface area (TPSA) is 30.0 Å². The number of hydrogen-bond acceptors (Lipinski definition) is 2. The van der Waals surface area contributed by atoms with Crippen LogP contribution in [0.5, 0.6) is 0 Å². The van der Waals surface area contributed by atoms with Gasteiger partial charge in [-0.25, -0.2) is 0 Å². The van der Waals surface area contributed by atoms with Crippen molar-refractivity contribution in [2.24, 2.45) is 0 Å². The minimum absolute atomic E-state index is 0.0831. The van der Waals surface area contributed by atoms with E-state index < -0.39 is 0 Å². The van der Waals surface area contributed by atoms with Crippen LogP contribution in [0.3, 0.4) is 0 Å². The Balaban J connectivity index is 1.88. The zero-order valence-electron chi connectivity index (χ0n) is 10.9. The summed E-state index contributed by atoms with van der Waals surface area (Å²) < 4.78 is 0. The SMILES string of the molecule is O=C(/C=C/c1ccc2cccccc1-2)c1ccccn1. The number of aromatic nitrogens is 1. The summed E-state index contributed by atoms with van der Waals surface area (Å²) in [5.41, 5.74) is 3.81. The molecule has 0 bridgehead atoms. The van der Waals surface area contributed by atoms with E-state index in [9.17, 15) is 4.79 Å². The maximum absolute atomic E-state index is 12.0. The Labute approximate surface area is 117 Å². The molecule has 0 atom stereocenters. The van der Waals surface area contributed by atoms with Crippen LogP contribution in [0.15, 0.2) is 72.9 Å². The van der Waals surface area contributed by atoms with Crippen molar-refractivity contribution in [1.82, 2.24) is 4.98 Å². The van der Waals surface area contributed by atoms with E-state index in [1.807, 2.05) is 36.4 Å². The van der Waals surface area contributed by atoms with Gasteiger partial charge in [0.05, 0.1) is 0 Å². The van der Waals surface area contributed by atoms with E-state index in [2.05, 4.69) is 23.2 Å². The van der Waals surface area contributed by atoms with Crippen molar-refractivity contribution in [3.63, 3.8) is 0 Å². The molecule has 3 rings (SSSR count). The van der Waals surface area contributed by atoms with Crippen molar-refractivity contribution < 1.29 is 4.79 Å². The predicted octanol–water partition coefficient (Wildman–Crippen LogP) is 4.08. The Hall–Kier alpha value is -2.74. The van der Waals surface area contributed by atoms with Gasteiger partial charge in [0.25, 0.3) is 0 Å².